The van der Waals surface area contributed by atoms with Crippen molar-refractivity contribution >= 4 is 35.4 Å². The summed E-state index contributed by atoms with van der Waals surface area (Å²) in [5, 5.41) is 30.8. The van der Waals surface area contributed by atoms with E-state index in [1.165, 1.54) is 5.56 Å². The monoisotopic (exact) mass is 1050 g/mol. The zero-order valence-electron chi connectivity index (χ0n) is 44.8. The van der Waals surface area contributed by atoms with Crippen LogP contribution in [0.4, 0.5) is 4.79 Å². The van der Waals surface area contributed by atoms with E-state index in [4.69, 9.17) is 18.9 Å². The smallest absolute Gasteiger partial charge is 0.407 e. The van der Waals surface area contributed by atoms with Crippen LogP contribution in [-0.2, 0) is 49.3 Å². The molecule has 3 aromatic carbocycles. The van der Waals surface area contributed by atoms with Gasteiger partial charge in [0.15, 0.2) is 23.5 Å². The average Bonchev–Trinajstić information content (AvgIpc) is 4.23. The molecule has 15 nitrogen and oxygen atoms in total. The molecule has 3 amide bonds. The van der Waals surface area contributed by atoms with Gasteiger partial charge in [0.25, 0.3) is 0 Å². The third kappa shape index (κ3) is 9.56. The average molecular weight is 1050 g/mol. The van der Waals surface area contributed by atoms with Crippen molar-refractivity contribution in [3.05, 3.63) is 119 Å². The van der Waals surface area contributed by atoms with Crippen molar-refractivity contribution in [2.24, 2.45) is 39.9 Å². The molecule has 0 aromatic heterocycles. The number of nitrogens with one attached hydrogen (secondary N) is 3. The maximum atomic E-state index is 14.0. The first-order valence-corrected chi connectivity index (χ1v) is 27.8. The van der Waals surface area contributed by atoms with Crippen LogP contribution in [0.1, 0.15) is 133 Å². The van der Waals surface area contributed by atoms with Crippen molar-refractivity contribution in [3.8, 4) is 11.1 Å². The Hall–Kier alpha value is -6.00. The van der Waals surface area contributed by atoms with Crippen LogP contribution in [0.15, 0.2) is 96.6 Å². The Kier molecular flexibility index (Phi) is 13.8. The van der Waals surface area contributed by atoms with Gasteiger partial charge >= 0.3 is 12.1 Å². The Balaban J connectivity index is 0.657. The van der Waals surface area contributed by atoms with Gasteiger partial charge in [0.1, 0.15) is 31.4 Å². The number of benzene rings is 3. The zero-order chi connectivity index (χ0) is 54.2. The maximum absolute atomic E-state index is 14.0. The number of carbonyl (C=O) groups is 6. The van der Waals surface area contributed by atoms with Crippen molar-refractivity contribution < 1.29 is 57.9 Å². The highest BCUT2D eigenvalue weighted by Gasteiger charge is 2.76. The first kappa shape index (κ1) is 53.0. The number of fused-ring (bicyclic) bond motifs is 10. The first-order valence-electron chi connectivity index (χ1n) is 27.8. The van der Waals surface area contributed by atoms with E-state index in [1.54, 1.807) is 32.9 Å². The summed E-state index contributed by atoms with van der Waals surface area (Å²) in [7, 11) is 0. The number of Topliss-reactive ketones (excluding diaryl/α,β-unsaturated/α-hetero) is 1. The number of hydrogen-bond donors (Lipinski definition) is 5. The lowest BCUT2D eigenvalue weighted by molar-refractivity contribution is -0.201. The standard InChI is InChI=1S/C62H73N3O12/c1-58(2,3)76-53(71)21-20-48(65-52(70)32-63-57(73)74-34-46-43-12-8-6-10-41(43)42-11-7-9-13-44(42)46)55(72)64-39-29-61(30-39)27-36(28-61)24-35-14-16-37(17-15-35)56-75-51-26-47-45-19-18-38-25-40(67)22-23-59(38,4)54(45)49(68)31-60(47,5)62(51,77-56)50(69)33-66/h6-17,22-23,25,36,39,45-49,51,54,56,66,68H,18-21,24,26-34H2,1-5H3,(H,63,73)(H,64,72)(H,65,70)/t36?,39?,45-,47-,48-,49-,51+,54+,56+,59-,60-,61?,62+/m0/s1. The molecule has 11 rings (SSSR count). The summed E-state index contributed by atoms with van der Waals surface area (Å²) in [6.07, 6.45) is 9.31. The van der Waals surface area contributed by atoms with Gasteiger partial charge in [-0.2, -0.15) is 0 Å². The molecule has 1 aliphatic heterocycles. The van der Waals surface area contributed by atoms with Gasteiger partial charge in [-0.15, -0.1) is 0 Å². The van der Waals surface area contributed by atoms with Crippen LogP contribution in [0, 0.1) is 39.9 Å². The highest BCUT2D eigenvalue weighted by molar-refractivity contribution is 6.01. The molecule has 0 bridgehead atoms. The van der Waals surface area contributed by atoms with Crippen molar-refractivity contribution in [1.29, 1.82) is 0 Å². The molecule has 7 aliphatic carbocycles. The third-order valence-electron chi connectivity index (χ3n) is 19.2. The van der Waals surface area contributed by atoms with Gasteiger partial charge in [0.05, 0.1) is 12.2 Å². The van der Waals surface area contributed by atoms with Gasteiger partial charge in [-0.05, 0) is 148 Å². The molecule has 1 saturated heterocycles. The Labute approximate surface area is 450 Å². The van der Waals surface area contributed by atoms with Crippen LogP contribution in [-0.4, -0.2) is 101 Å². The number of aliphatic hydroxyl groups excluding tert-OH is 2. The number of rotatable bonds is 15. The van der Waals surface area contributed by atoms with E-state index >= 15 is 0 Å². The minimum atomic E-state index is -1.42. The van der Waals surface area contributed by atoms with Gasteiger partial charge < -0.3 is 45.1 Å². The summed E-state index contributed by atoms with van der Waals surface area (Å²) in [5.74, 6) is -1.62. The number of alkyl carbamates (subject to hydrolysis) is 1. The SMILES string of the molecule is CC(C)(C)OC(=O)CC[C@H](NC(=O)CNC(=O)OCC1c2ccccc2-c2ccccc21)C(=O)NC1CC2(CC(Cc3ccc([C@@H]4O[C@@H]5C[C@H]6[C@@H]7CCC8=CC(=O)C=C[C@]8(C)[C@H]7[C@@H](O)C[C@]6(C)[C@]5(C(=O)CO)O4)cc3)C2)C1. The molecule has 0 unspecified atom stereocenters. The topological polar surface area (TPSA) is 216 Å². The van der Waals surface area contributed by atoms with E-state index < -0.39 is 89.4 Å². The fraction of sp³-hybridized carbons (Fsp3) is 0.548. The Morgan fingerprint density at radius 2 is 1.58 bits per heavy atom. The summed E-state index contributed by atoms with van der Waals surface area (Å²) >= 11 is 0. The lowest BCUT2D eigenvalue weighted by Crippen LogP contribution is -2.63. The van der Waals surface area contributed by atoms with Gasteiger partial charge in [-0.1, -0.05) is 98.3 Å². The second-order valence-electron chi connectivity index (χ2n) is 25.1. The Bertz CT molecular complexity index is 2870. The van der Waals surface area contributed by atoms with Crippen LogP contribution >= 0.6 is 0 Å². The van der Waals surface area contributed by atoms with Crippen molar-refractivity contribution in [2.45, 2.75) is 153 Å². The first-order chi connectivity index (χ1) is 36.7. The number of hydrogen-bond acceptors (Lipinski definition) is 12. The van der Waals surface area contributed by atoms with Crippen LogP contribution in [0.25, 0.3) is 11.1 Å². The van der Waals surface area contributed by atoms with Gasteiger partial charge in [0.2, 0.25) is 11.8 Å². The third-order valence-corrected chi connectivity index (χ3v) is 19.2. The summed E-state index contributed by atoms with van der Waals surface area (Å²) < 4.78 is 24.6. The van der Waals surface area contributed by atoms with Gasteiger partial charge in [0, 0.05) is 40.7 Å². The Morgan fingerprint density at radius 3 is 2.26 bits per heavy atom. The maximum Gasteiger partial charge on any atom is 0.407 e. The summed E-state index contributed by atoms with van der Waals surface area (Å²) in [6, 6.07) is 23.1. The molecule has 3 aromatic rings. The number of amides is 3. The highest BCUT2D eigenvalue weighted by atomic mass is 16.7. The molecule has 15 heteroatoms. The lowest BCUT2D eigenvalue weighted by atomic mass is 9.46. The number of esters is 1. The minimum absolute atomic E-state index is 0.0118. The minimum Gasteiger partial charge on any atom is -0.460 e. The van der Waals surface area contributed by atoms with E-state index in [-0.39, 0.29) is 60.4 Å². The number of ketones is 2. The molecule has 77 heavy (non-hydrogen) atoms. The van der Waals surface area contributed by atoms with Crippen LogP contribution < -0.4 is 16.0 Å². The molecule has 1 heterocycles. The second kappa shape index (κ2) is 20.0. The largest absolute Gasteiger partial charge is 0.460 e. The molecule has 5 N–H and O–H groups in total. The van der Waals surface area contributed by atoms with Gasteiger partial charge in [-0.25, -0.2) is 4.79 Å². The predicted octanol–water partition coefficient (Wildman–Crippen LogP) is 7.65. The van der Waals surface area contributed by atoms with Crippen LogP contribution in [0.5, 0.6) is 0 Å². The summed E-state index contributed by atoms with van der Waals surface area (Å²) in [6.45, 7) is 8.44. The van der Waals surface area contributed by atoms with Gasteiger partial charge in [-0.3, -0.25) is 24.0 Å². The fourth-order valence-electron chi connectivity index (χ4n) is 16.0. The van der Waals surface area contributed by atoms with E-state index in [9.17, 15) is 39.0 Å². The second-order valence-corrected chi connectivity index (χ2v) is 25.1. The zero-order valence-corrected chi connectivity index (χ0v) is 44.8. The van der Waals surface area contributed by atoms with E-state index in [0.29, 0.717) is 18.8 Å². The number of allylic oxidation sites excluding steroid dienone is 4. The quantitative estimate of drug-likeness (QED) is 0.0929. The molecular weight excluding hydrogens is 979 g/mol. The van der Waals surface area contributed by atoms with Crippen molar-refractivity contribution in [1.82, 2.24) is 16.0 Å². The molecule has 5 saturated carbocycles. The normalized spacial score (nSPS) is 33.6. The molecule has 6 fully saturated rings. The highest BCUT2D eigenvalue weighted by Crippen LogP contribution is 2.70. The van der Waals surface area contributed by atoms with Crippen LogP contribution in [0.3, 0.4) is 0 Å². The van der Waals surface area contributed by atoms with Crippen LogP contribution in [0.2, 0.25) is 0 Å². The van der Waals surface area contributed by atoms with E-state index in [2.05, 4.69) is 47.1 Å². The van der Waals surface area contributed by atoms with Crippen molar-refractivity contribution in [2.75, 3.05) is 19.8 Å². The molecule has 10 atom stereocenters. The predicted molar refractivity (Wildman–Crippen MR) is 283 cm³/mol. The molecule has 0 radical (unpaired) electrons. The molecule has 408 valence electrons. The number of aliphatic hydroxyl groups is 2. The van der Waals surface area contributed by atoms with E-state index in [0.717, 1.165) is 78.3 Å². The summed E-state index contributed by atoms with van der Waals surface area (Å²) in [4.78, 5) is 79.0. The number of ether oxygens (including phenoxy) is 4. The fourth-order valence-corrected chi connectivity index (χ4v) is 16.0. The van der Waals surface area contributed by atoms with Crippen molar-refractivity contribution in [3.63, 3.8) is 0 Å². The van der Waals surface area contributed by atoms with E-state index in [1.807, 2.05) is 61.5 Å². The summed E-state index contributed by atoms with van der Waals surface area (Å²) in [5.41, 5.74) is 4.12. The molecule has 8 aliphatic rings. The lowest BCUT2D eigenvalue weighted by Gasteiger charge is -2.59. The molecule has 1 spiro atoms. The Morgan fingerprint density at radius 1 is 0.896 bits per heavy atom. The number of carbonyl (C=O) groups excluding carboxylic acids is 6. The molecular formula is C62H73N3O12.